The molecule has 2 heteroatoms. The monoisotopic (exact) mass is 297 g/mol. The van der Waals surface area contributed by atoms with Gasteiger partial charge in [-0.2, -0.15) is 0 Å². The molecule has 0 saturated carbocycles. The van der Waals surface area contributed by atoms with Crippen molar-refractivity contribution in [2.75, 3.05) is 14.2 Å². The lowest BCUT2D eigenvalue weighted by Gasteiger charge is -2.21. The zero-order chi connectivity index (χ0) is 15.9. The lowest BCUT2D eigenvalue weighted by molar-refractivity contribution is 0.414. The molecule has 0 fully saturated rings. The van der Waals surface area contributed by atoms with Gasteiger partial charge in [0.2, 0.25) is 0 Å². The Morgan fingerprint density at radius 1 is 0.727 bits per heavy atom. The second-order valence-corrected chi connectivity index (χ2v) is 5.88. The van der Waals surface area contributed by atoms with Crippen LogP contribution in [0.25, 0.3) is 0 Å². The third kappa shape index (κ3) is 4.52. The fourth-order valence-electron chi connectivity index (χ4n) is 2.57. The second kappa shape index (κ2) is 7.88. The maximum atomic E-state index is 5.22. The van der Waals surface area contributed by atoms with Gasteiger partial charge in [-0.05, 0) is 60.1 Å². The van der Waals surface area contributed by atoms with Gasteiger partial charge in [0.15, 0.2) is 0 Å². The molecule has 0 aliphatic carbocycles. The standard InChI is InChI=1S/C20H25O2/c1-15(2)18(13-16-5-9-19(21-3)10-6-16)14-17-7-11-20(22-4)12-8-17/h5-12,18H,13-14H2,1-4H3. The number of hydrogen-bond acceptors (Lipinski definition) is 2. The molecule has 2 rings (SSSR count). The van der Waals surface area contributed by atoms with Crippen LogP contribution in [0.15, 0.2) is 48.5 Å². The summed E-state index contributed by atoms with van der Waals surface area (Å²) in [5.74, 6) is 3.83. The predicted octanol–water partition coefficient (Wildman–Crippen LogP) is 4.72. The Morgan fingerprint density at radius 2 is 1.09 bits per heavy atom. The summed E-state index contributed by atoms with van der Waals surface area (Å²) < 4.78 is 10.4. The molecule has 0 bridgehead atoms. The van der Waals surface area contributed by atoms with Crippen molar-refractivity contribution < 1.29 is 9.47 Å². The minimum absolute atomic E-state index is 0.543. The van der Waals surface area contributed by atoms with Gasteiger partial charge in [0.25, 0.3) is 0 Å². The van der Waals surface area contributed by atoms with Gasteiger partial charge < -0.3 is 9.47 Å². The molecule has 0 atom stereocenters. The van der Waals surface area contributed by atoms with E-state index in [2.05, 4.69) is 38.1 Å². The molecule has 0 spiro atoms. The Bertz CT molecular complexity index is 506. The van der Waals surface area contributed by atoms with E-state index in [9.17, 15) is 0 Å². The smallest absolute Gasteiger partial charge is 0.118 e. The molecule has 0 amide bonds. The van der Waals surface area contributed by atoms with Crippen LogP contribution in [0.5, 0.6) is 11.5 Å². The molecule has 0 unspecified atom stereocenters. The van der Waals surface area contributed by atoms with Crippen LogP contribution in [0.4, 0.5) is 0 Å². The average molecular weight is 297 g/mol. The molecule has 0 aromatic heterocycles. The quantitative estimate of drug-likeness (QED) is 0.736. The highest BCUT2D eigenvalue weighted by atomic mass is 16.5. The molecular formula is C20H25O2. The Morgan fingerprint density at radius 3 is 1.36 bits per heavy atom. The van der Waals surface area contributed by atoms with Gasteiger partial charge in [-0.3, -0.25) is 0 Å². The fourth-order valence-corrected chi connectivity index (χ4v) is 2.57. The van der Waals surface area contributed by atoms with E-state index in [4.69, 9.17) is 9.47 Å². The van der Waals surface area contributed by atoms with Crippen LogP contribution < -0.4 is 9.47 Å². The van der Waals surface area contributed by atoms with E-state index in [0.717, 1.165) is 24.3 Å². The summed E-state index contributed by atoms with van der Waals surface area (Å²) in [6.45, 7) is 4.44. The lowest BCUT2D eigenvalue weighted by atomic mass is 9.84. The normalized spacial score (nSPS) is 11.0. The molecule has 0 heterocycles. The van der Waals surface area contributed by atoms with Crippen molar-refractivity contribution in [3.8, 4) is 11.5 Å². The maximum Gasteiger partial charge on any atom is 0.118 e. The van der Waals surface area contributed by atoms with Crippen molar-refractivity contribution >= 4 is 0 Å². The van der Waals surface area contributed by atoms with Crippen LogP contribution in [-0.4, -0.2) is 14.2 Å². The number of hydrogen-bond donors (Lipinski definition) is 0. The van der Waals surface area contributed by atoms with E-state index >= 15 is 0 Å². The van der Waals surface area contributed by atoms with Crippen molar-refractivity contribution in [1.82, 2.24) is 0 Å². The molecule has 2 nitrogen and oxygen atoms in total. The van der Waals surface area contributed by atoms with Crippen LogP contribution in [0.2, 0.25) is 0 Å². The van der Waals surface area contributed by atoms with E-state index < -0.39 is 0 Å². The van der Waals surface area contributed by atoms with E-state index in [1.165, 1.54) is 17.0 Å². The van der Waals surface area contributed by atoms with Crippen molar-refractivity contribution in [3.63, 3.8) is 0 Å². The van der Waals surface area contributed by atoms with Gasteiger partial charge in [0.1, 0.15) is 11.5 Å². The summed E-state index contributed by atoms with van der Waals surface area (Å²) >= 11 is 0. The van der Waals surface area contributed by atoms with Gasteiger partial charge in [-0.25, -0.2) is 0 Å². The first-order valence-electron chi connectivity index (χ1n) is 7.68. The minimum Gasteiger partial charge on any atom is -0.497 e. The van der Waals surface area contributed by atoms with Gasteiger partial charge in [-0.15, -0.1) is 0 Å². The lowest BCUT2D eigenvalue weighted by Crippen LogP contribution is -2.13. The molecule has 0 aliphatic heterocycles. The summed E-state index contributed by atoms with van der Waals surface area (Å²) in [6.07, 6.45) is 2.11. The third-order valence-corrected chi connectivity index (χ3v) is 4.10. The largest absolute Gasteiger partial charge is 0.497 e. The van der Waals surface area contributed by atoms with Gasteiger partial charge in [-0.1, -0.05) is 38.1 Å². The van der Waals surface area contributed by atoms with Crippen molar-refractivity contribution in [2.45, 2.75) is 26.7 Å². The number of benzene rings is 2. The molecule has 0 N–H and O–H groups in total. The Hall–Kier alpha value is -1.96. The van der Waals surface area contributed by atoms with E-state index in [1.807, 2.05) is 24.3 Å². The highest BCUT2D eigenvalue weighted by Crippen LogP contribution is 2.25. The van der Waals surface area contributed by atoms with Gasteiger partial charge in [0.05, 0.1) is 14.2 Å². The average Bonchev–Trinajstić information content (AvgIpc) is 2.55. The summed E-state index contributed by atoms with van der Waals surface area (Å²) in [6, 6.07) is 16.8. The molecule has 1 radical (unpaired) electrons. The number of rotatable bonds is 7. The molecule has 117 valence electrons. The maximum absolute atomic E-state index is 5.22. The highest BCUT2D eigenvalue weighted by Gasteiger charge is 2.15. The number of ether oxygens (including phenoxy) is 2. The van der Waals surface area contributed by atoms with Crippen molar-refractivity contribution in [3.05, 3.63) is 65.6 Å². The summed E-state index contributed by atoms with van der Waals surface area (Å²) in [5, 5.41) is 0. The molecular weight excluding hydrogens is 272 g/mol. The summed E-state index contributed by atoms with van der Waals surface area (Å²) in [5.41, 5.74) is 2.70. The first-order chi connectivity index (χ1) is 10.6. The second-order valence-electron chi connectivity index (χ2n) is 5.88. The summed E-state index contributed by atoms with van der Waals surface area (Å²) in [4.78, 5) is 0. The third-order valence-electron chi connectivity index (χ3n) is 4.10. The SMILES string of the molecule is COc1ccc(CC(Cc2ccc(OC)cc2)[C](C)C)cc1. The Kier molecular flexibility index (Phi) is 5.88. The van der Waals surface area contributed by atoms with Crippen LogP contribution >= 0.6 is 0 Å². The Balaban J connectivity index is 2.05. The van der Waals surface area contributed by atoms with Crippen LogP contribution in [0.3, 0.4) is 0 Å². The Labute approximate surface area is 134 Å². The van der Waals surface area contributed by atoms with Crippen LogP contribution in [0.1, 0.15) is 25.0 Å². The first-order valence-corrected chi connectivity index (χ1v) is 7.68. The molecule has 0 aliphatic rings. The fraction of sp³-hybridized carbons (Fsp3) is 0.350. The minimum atomic E-state index is 0.543. The predicted molar refractivity (Wildman–Crippen MR) is 91.5 cm³/mol. The van der Waals surface area contributed by atoms with Crippen LogP contribution in [0, 0.1) is 11.8 Å². The van der Waals surface area contributed by atoms with Gasteiger partial charge >= 0.3 is 0 Å². The molecule has 0 saturated heterocycles. The highest BCUT2D eigenvalue weighted by molar-refractivity contribution is 5.30. The summed E-state index contributed by atoms with van der Waals surface area (Å²) in [7, 11) is 3.40. The molecule has 2 aromatic rings. The van der Waals surface area contributed by atoms with Gasteiger partial charge in [0, 0.05) is 0 Å². The zero-order valence-corrected chi connectivity index (χ0v) is 13.9. The van der Waals surface area contributed by atoms with Crippen molar-refractivity contribution in [1.29, 1.82) is 0 Å². The zero-order valence-electron chi connectivity index (χ0n) is 13.9. The van der Waals surface area contributed by atoms with Crippen molar-refractivity contribution in [2.24, 2.45) is 5.92 Å². The first kappa shape index (κ1) is 16.4. The molecule has 2 aromatic carbocycles. The molecule has 22 heavy (non-hydrogen) atoms. The van der Waals surface area contributed by atoms with Crippen LogP contribution in [-0.2, 0) is 12.8 Å². The topological polar surface area (TPSA) is 18.5 Å². The van der Waals surface area contributed by atoms with E-state index in [-0.39, 0.29) is 0 Å². The number of methoxy groups -OCH3 is 2. The van der Waals surface area contributed by atoms with E-state index in [1.54, 1.807) is 14.2 Å². The van der Waals surface area contributed by atoms with E-state index in [0.29, 0.717) is 5.92 Å².